The first-order chi connectivity index (χ1) is 5.77. The van der Waals surface area contributed by atoms with Gasteiger partial charge in [0.2, 0.25) is 0 Å². The highest BCUT2D eigenvalue weighted by Gasteiger charge is 2.34. The molecule has 0 spiro atoms. The Bertz CT molecular complexity index is 144. The lowest BCUT2D eigenvalue weighted by atomic mass is 9.97. The molecule has 0 radical (unpaired) electrons. The van der Waals surface area contributed by atoms with E-state index in [1.54, 1.807) is 0 Å². The van der Waals surface area contributed by atoms with Crippen molar-refractivity contribution in [3.8, 4) is 0 Å². The second-order valence-electron chi connectivity index (χ2n) is 4.34. The van der Waals surface area contributed by atoms with Crippen molar-refractivity contribution in [2.75, 3.05) is 20.2 Å². The summed E-state index contributed by atoms with van der Waals surface area (Å²) in [4.78, 5) is 2.45. The quantitative estimate of drug-likeness (QED) is 0.590. The molecular weight excluding hydrogens is 150 g/mol. The minimum atomic E-state index is 0.581. The molecule has 0 saturated carbocycles. The lowest BCUT2D eigenvalue weighted by molar-refractivity contribution is 0.0666. The number of rotatable bonds is 1. The number of likely N-dealkylation sites (tertiary alicyclic amines) is 1. The maximum atomic E-state index is 5.71. The van der Waals surface area contributed by atoms with Gasteiger partial charge < -0.3 is 9.64 Å². The molecule has 70 valence electrons. The Hall–Kier alpha value is -0.0800. The maximum Gasteiger partial charge on any atom is 0.0616 e. The highest BCUT2D eigenvalue weighted by Crippen LogP contribution is 2.30. The summed E-state index contributed by atoms with van der Waals surface area (Å²) in [6, 6.07) is 0.763. The molecule has 2 saturated heterocycles. The molecule has 2 aliphatic heterocycles. The Morgan fingerprint density at radius 3 is 2.75 bits per heavy atom. The normalized spacial score (nSPS) is 44.0. The summed E-state index contributed by atoms with van der Waals surface area (Å²) in [7, 11) is 2.22. The van der Waals surface area contributed by atoms with E-state index in [0.29, 0.717) is 6.10 Å². The molecule has 12 heavy (non-hydrogen) atoms. The van der Waals surface area contributed by atoms with Crippen LogP contribution in [0.25, 0.3) is 0 Å². The van der Waals surface area contributed by atoms with Crippen LogP contribution in [0.1, 0.15) is 26.2 Å². The van der Waals surface area contributed by atoms with Gasteiger partial charge in [-0.15, -0.1) is 0 Å². The zero-order chi connectivity index (χ0) is 8.55. The molecule has 2 nitrogen and oxygen atoms in total. The minimum Gasteiger partial charge on any atom is -0.378 e. The van der Waals surface area contributed by atoms with Gasteiger partial charge in [-0.3, -0.25) is 0 Å². The topological polar surface area (TPSA) is 12.5 Å². The van der Waals surface area contributed by atoms with E-state index < -0.39 is 0 Å². The molecule has 0 aromatic rings. The monoisotopic (exact) mass is 169 g/mol. The Kier molecular flexibility index (Phi) is 2.37. The van der Waals surface area contributed by atoms with Gasteiger partial charge in [0, 0.05) is 19.2 Å². The lowest BCUT2D eigenvalue weighted by Crippen LogP contribution is -2.24. The third-order valence-corrected chi connectivity index (χ3v) is 3.41. The van der Waals surface area contributed by atoms with Gasteiger partial charge in [-0.25, -0.2) is 0 Å². The van der Waals surface area contributed by atoms with Gasteiger partial charge in [-0.05, 0) is 39.2 Å². The average molecular weight is 169 g/mol. The highest BCUT2D eigenvalue weighted by molar-refractivity contribution is 4.86. The summed E-state index contributed by atoms with van der Waals surface area (Å²) >= 11 is 0. The predicted molar refractivity (Wildman–Crippen MR) is 49.2 cm³/mol. The average Bonchev–Trinajstić information content (AvgIpc) is 2.61. The fourth-order valence-electron chi connectivity index (χ4n) is 2.49. The zero-order valence-corrected chi connectivity index (χ0v) is 8.12. The van der Waals surface area contributed by atoms with Crippen LogP contribution in [0.4, 0.5) is 0 Å². The van der Waals surface area contributed by atoms with E-state index in [4.69, 9.17) is 4.74 Å². The van der Waals surface area contributed by atoms with Gasteiger partial charge in [0.15, 0.2) is 0 Å². The molecule has 2 rings (SSSR count). The van der Waals surface area contributed by atoms with Crippen molar-refractivity contribution in [3.63, 3.8) is 0 Å². The van der Waals surface area contributed by atoms with Crippen molar-refractivity contribution in [1.29, 1.82) is 0 Å². The molecular formula is C10H19NO. The maximum absolute atomic E-state index is 5.71. The van der Waals surface area contributed by atoms with E-state index in [9.17, 15) is 0 Å². The minimum absolute atomic E-state index is 0.581. The largest absolute Gasteiger partial charge is 0.378 e. The second kappa shape index (κ2) is 3.35. The summed E-state index contributed by atoms with van der Waals surface area (Å²) in [6.45, 7) is 4.56. The van der Waals surface area contributed by atoms with Crippen molar-refractivity contribution < 1.29 is 4.74 Å². The van der Waals surface area contributed by atoms with Crippen molar-refractivity contribution in [3.05, 3.63) is 0 Å². The molecule has 0 N–H and O–H groups in total. The first-order valence-electron chi connectivity index (χ1n) is 5.09. The van der Waals surface area contributed by atoms with E-state index in [2.05, 4.69) is 18.9 Å². The molecule has 3 atom stereocenters. The smallest absolute Gasteiger partial charge is 0.0616 e. The predicted octanol–water partition coefficient (Wildman–Crippen LogP) is 1.51. The summed E-state index contributed by atoms with van der Waals surface area (Å²) in [5.74, 6) is 0.812. The van der Waals surface area contributed by atoms with Gasteiger partial charge >= 0.3 is 0 Å². The van der Waals surface area contributed by atoms with Crippen LogP contribution in [0.3, 0.4) is 0 Å². The van der Waals surface area contributed by atoms with Crippen LogP contribution in [0, 0.1) is 5.92 Å². The molecule has 2 unspecified atom stereocenters. The summed E-state index contributed by atoms with van der Waals surface area (Å²) in [5, 5.41) is 0. The van der Waals surface area contributed by atoms with E-state index >= 15 is 0 Å². The molecule has 0 aromatic heterocycles. The summed E-state index contributed by atoms with van der Waals surface area (Å²) in [5.41, 5.74) is 0. The third-order valence-electron chi connectivity index (χ3n) is 3.41. The van der Waals surface area contributed by atoms with Crippen LogP contribution in [-0.4, -0.2) is 37.2 Å². The second-order valence-corrected chi connectivity index (χ2v) is 4.34. The highest BCUT2D eigenvalue weighted by atomic mass is 16.5. The standard InChI is InChI=1S/C10H19NO/c1-8-6-9(7-11(8)2)10-4-3-5-12-10/h8-10H,3-7H2,1-2H3/t8-,9?,10?/m1/s1. The third kappa shape index (κ3) is 1.50. The number of ether oxygens (including phenoxy) is 1. The van der Waals surface area contributed by atoms with E-state index in [0.717, 1.165) is 18.6 Å². The van der Waals surface area contributed by atoms with Crippen molar-refractivity contribution in [2.45, 2.75) is 38.3 Å². The number of nitrogens with zero attached hydrogens (tertiary/aromatic N) is 1. The van der Waals surface area contributed by atoms with Gasteiger partial charge in [0.1, 0.15) is 0 Å². The van der Waals surface area contributed by atoms with E-state index in [-0.39, 0.29) is 0 Å². The van der Waals surface area contributed by atoms with E-state index in [1.165, 1.54) is 25.8 Å². The fraction of sp³-hybridized carbons (Fsp3) is 1.00. The molecule has 0 bridgehead atoms. The van der Waals surface area contributed by atoms with Gasteiger partial charge in [0.05, 0.1) is 6.10 Å². The molecule has 0 aromatic carbocycles. The van der Waals surface area contributed by atoms with Crippen LogP contribution < -0.4 is 0 Å². The van der Waals surface area contributed by atoms with Crippen molar-refractivity contribution >= 4 is 0 Å². The van der Waals surface area contributed by atoms with Gasteiger partial charge in [-0.1, -0.05) is 0 Å². The molecule has 2 fully saturated rings. The van der Waals surface area contributed by atoms with Crippen LogP contribution in [0.5, 0.6) is 0 Å². The summed E-state index contributed by atoms with van der Waals surface area (Å²) in [6.07, 6.45) is 4.49. The molecule has 2 heterocycles. The molecule has 2 heteroatoms. The SMILES string of the molecule is C[C@@H]1CC(C2CCCO2)CN1C. The number of hydrogen-bond acceptors (Lipinski definition) is 2. The van der Waals surface area contributed by atoms with Crippen LogP contribution in [-0.2, 0) is 4.74 Å². The lowest BCUT2D eigenvalue weighted by Gasteiger charge is -2.16. The Labute approximate surface area is 74.9 Å². The van der Waals surface area contributed by atoms with Gasteiger partial charge in [-0.2, -0.15) is 0 Å². The van der Waals surface area contributed by atoms with Gasteiger partial charge in [0.25, 0.3) is 0 Å². The van der Waals surface area contributed by atoms with Crippen molar-refractivity contribution in [2.24, 2.45) is 5.92 Å². The molecule has 0 aliphatic carbocycles. The molecule has 0 amide bonds. The Balaban J connectivity index is 1.89. The zero-order valence-electron chi connectivity index (χ0n) is 8.12. The molecule has 2 aliphatic rings. The van der Waals surface area contributed by atoms with Crippen LogP contribution in [0.15, 0.2) is 0 Å². The first kappa shape index (κ1) is 8.52. The Morgan fingerprint density at radius 2 is 2.25 bits per heavy atom. The fourth-order valence-corrected chi connectivity index (χ4v) is 2.49. The first-order valence-corrected chi connectivity index (χ1v) is 5.09. The summed E-state index contributed by atoms with van der Waals surface area (Å²) < 4.78 is 5.71. The van der Waals surface area contributed by atoms with Crippen LogP contribution >= 0.6 is 0 Å². The van der Waals surface area contributed by atoms with Crippen LogP contribution in [0.2, 0.25) is 0 Å². The number of hydrogen-bond donors (Lipinski definition) is 0. The van der Waals surface area contributed by atoms with Crippen molar-refractivity contribution in [1.82, 2.24) is 4.90 Å². The van der Waals surface area contributed by atoms with E-state index in [1.807, 2.05) is 0 Å². The Morgan fingerprint density at radius 1 is 1.42 bits per heavy atom.